The highest BCUT2D eigenvalue weighted by molar-refractivity contribution is 6.30. The second-order valence-electron chi connectivity index (χ2n) is 5.70. The molecule has 0 saturated heterocycles. The van der Waals surface area contributed by atoms with Crippen LogP contribution in [-0.2, 0) is 4.79 Å². The van der Waals surface area contributed by atoms with Gasteiger partial charge in [0.15, 0.2) is 0 Å². The van der Waals surface area contributed by atoms with E-state index in [0.29, 0.717) is 17.4 Å². The van der Waals surface area contributed by atoms with Gasteiger partial charge >= 0.3 is 5.97 Å². The second kappa shape index (κ2) is 5.41. The van der Waals surface area contributed by atoms with E-state index < -0.39 is 11.5 Å². The molecule has 0 bridgehead atoms. The number of carboxylic acids is 1. The number of hydrogen-bond acceptors (Lipinski definition) is 2. The van der Waals surface area contributed by atoms with E-state index in [-0.39, 0.29) is 5.92 Å². The van der Waals surface area contributed by atoms with Crippen LogP contribution in [0.15, 0.2) is 24.3 Å². The zero-order chi connectivity index (χ0) is 14.0. The summed E-state index contributed by atoms with van der Waals surface area (Å²) in [5.74, 6) is -0.259. The van der Waals surface area contributed by atoms with E-state index in [1.165, 1.54) is 0 Å². The Hall–Kier alpha value is -1.22. The summed E-state index contributed by atoms with van der Waals surface area (Å²) in [5.41, 5.74) is -0.113. The van der Waals surface area contributed by atoms with Crippen LogP contribution in [0.2, 0.25) is 5.02 Å². The minimum absolute atomic E-state index is 0.0974. The van der Waals surface area contributed by atoms with Crippen LogP contribution in [0.4, 0.5) is 5.69 Å². The van der Waals surface area contributed by atoms with Gasteiger partial charge in [0.25, 0.3) is 0 Å². The number of nitrogens with one attached hydrogen (secondary N) is 1. The van der Waals surface area contributed by atoms with E-state index >= 15 is 0 Å². The van der Waals surface area contributed by atoms with Crippen molar-refractivity contribution in [1.82, 2.24) is 0 Å². The standard InChI is InChI=1S/C15H20ClNO2/c1-10-6-7-11(2)15(9-10,14(18)19)17-13-5-3-4-12(16)8-13/h3-5,8,10-11,17H,6-7,9H2,1-2H3,(H,18,19). The molecule has 104 valence electrons. The van der Waals surface area contributed by atoms with Crippen molar-refractivity contribution in [2.75, 3.05) is 5.32 Å². The zero-order valence-electron chi connectivity index (χ0n) is 11.3. The molecule has 2 N–H and O–H groups in total. The molecule has 0 aromatic heterocycles. The van der Waals surface area contributed by atoms with Crippen molar-refractivity contribution < 1.29 is 9.90 Å². The Bertz CT molecular complexity index is 477. The molecule has 1 fully saturated rings. The average Bonchev–Trinajstić information content (AvgIpc) is 2.33. The fourth-order valence-corrected chi connectivity index (χ4v) is 3.17. The van der Waals surface area contributed by atoms with Crippen LogP contribution in [0.1, 0.15) is 33.1 Å². The molecule has 0 spiro atoms. The highest BCUT2D eigenvalue weighted by Crippen LogP contribution is 2.39. The third kappa shape index (κ3) is 2.86. The van der Waals surface area contributed by atoms with Crippen molar-refractivity contribution >= 4 is 23.3 Å². The van der Waals surface area contributed by atoms with Gasteiger partial charge in [0, 0.05) is 10.7 Å². The predicted molar refractivity (Wildman–Crippen MR) is 77.6 cm³/mol. The van der Waals surface area contributed by atoms with E-state index in [1.807, 2.05) is 19.1 Å². The van der Waals surface area contributed by atoms with Crippen molar-refractivity contribution in [2.45, 2.75) is 38.6 Å². The molecule has 2 rings (SSSR count). The Kier molecular flexibility index (Phi) is 4.04. The fraction of sp³-hybridized carbons (Fsp3) is 0.533. The molecule has 1 aliphatic carbocycles. The van der Waals surface area contributed by atoms with Gasteiger partial charge in [-0.3, -0.25) is 0 Å². The monoisotopic (exact) mass is 281 g/mol. The summed E-state index contributed by atoms with van der Waals surface area (Å²) in [7, 11) is 0. The molecular weight excluding hydrogens is 262 g/mol. The number of carboxylic acid groups (broad SMARTS) is 1. The summed E-state index contributed by atoms with van der Waals surface area (Å²) in [6, 6.07) is 7.25. The Balaban J connectivity index is 2.31. The Morgan fingerprint density at radius 3 is 2.79 bits per heavy atom. The summed E-state index contributed by atoms with van der Waals surface area (Å²) in [5, 5.41) is 13.6. The van der Waals surface area contributed by atoms with Gasteiger partial charge in [-0.25, -0.2) is 4.79 Å². The normalized spacial score (nSPS) is 30.9. The number of benzene rings is 1. The third-order valence-electron chi connectivity index (χ3n) is 4.18. The highest BCUT2D eigenvalue weighted by Gasteiger charge is 2.47. The number of anilines is 1. The minimum atomic E-state index is -0.887. The first-order valence-corrected chi connectivity index (χ1v) is 7.09. The molecule has 1 aliphatic rings. The zero-order valence-corrected chi connectivity index (χ0v) is 12.1. The number of aliphatic carboxylic acids is 1. The molecule has 3 unspecified atom stereocenters. The van der Waals surface area contributed by atoms with E-state index in [0.717, 1.165) is 18.5 Å². The van der Waals surface area contributed by atoms with Gasteiger partial charge in [-0.2, -0.15) is 0 Å². The number of rotatable bonds is 3. The van der Waals surface area contributed by atoms with Gasteiger partial charge in [0.2, 0.25) is 0 Å². The lowest BCUT2D eigenvalue weighted by Crippen LogP contribution is -2.54. The summed E-state index contributed by atoms with van der Waals surface area (Å²) in [4.78, 5) is 11.8. The van der Waals surface area contributed by atoms with Crippen LogP contribution in [0.25, 0.3) is 0 Å². The average molecular weight is 282 g/mol. The van der Waals surface area contributed by atoms with Crippen LogP contribution in [-0.4, -0.2) is 16.6 Å². The quantitative estimate of drug-likeness (QED) is 0.879. The molecule has 4 heteroatoms. The third-order valence-corrected chi connectivity index (χ3v) is 4.41. The molecule has 0 radical (unpaired) electrons. The largest absolute Gasteiger partial charge is 0.479 e. The maximum atomic E-state index is 11.8. The smallest absolute Gasteiger partial charge is 0.329 e. The lowest BCUT2D eigenvalue weighted by Gasteiger charge is -2.43. The van der Waals surface area contributed by atoms with Crippen molar-refractivity contribution in [1.29, 1.82) is 0 Å². The van der Waals surface area contributed by atoms with E-state index in [1.54, 1.807) is 12.1 Å². The summed E-state index contributed by atoms with van der Waals surface area (Å²) in [6.07, 6.45) is 2.67. The lowest BCUT2D eigenvalue weighted by atomic mass is 9.69. The van der Waals surface area contributed by atoms with Crippen LogP contribution in [0.5, 0.6) is 0 Å². The van der Waals surface area contributed by atoms with Crippen LogP contribution >= 0.6 is 11.6 Å². The topological polar surface area (TPSA) is 49.3 Å². The van der Waals surface area contributed by atoms with Crippen molar-refractivity contribution in [2.24, 2.45) is 11.8 Å². The van der Waals surface area contributed by atoms with Gasteiger partial charge in [-0.05, 0) is 42.9 Å². The number of hydrogen-bond donors (Lipinski definition) is 2. The summed E-state index contributed by atoms with van der Waals surface area (Å²) in [6.45, 7) is 4.13. The molecule has 1 aromatic carbocycles. The molecule has 0 aliphatic heterocycles. The fourth-order valence-electron chi connectivity index (χ4n) is 2.98. The molecule has 1 saturated carbocycles. The second-order valence-corrected chi connectivity index (χ2v) is 6.14. The van der Waals surface area contributed by atoms with Crippen LogP contribution in [0, 0.1) is 11.8 Å². The van der Waals surface area contributed by atoms with Gasteiger partial charge < -0.3 is 10.4 Å². The predicted octanol–water partition coefficient (Wildman–Crippen LogP) is 4.03. The van der Waals surface area contributed by atoms with E-state index in [9.17, 15) is 9.90 Å². The molecular formula is C15H20ClNO2. The van der Waals surface area contributed by atoms with Crippen molar-refractivity contribution in [3.8, 4) is 0 Å². The van der Waals surface area contributed by atoms with E-state index in [4.69, 9.17) is 11.6 Å². The maximum Gasteiger partial charge on any atom is 0.329 e. The molecule has 3 atom stereocenters. The SMILES string of the molecule is CC1CCC(C)C(Nc2cccc(Cl)c2)(C(=O)O)C1. The molecule has 19 heavy (non-hydrogen) atoms. The van der Waals surface area contributed by atoms with Crippen molar-refractivity contribution in [3.05, 3.63) is 29.3 Å². The van der Waals surface area contributed by atoms with Gasteiger partial charge in [-0.1, -0.05) is 37.9 Å². The first kappa shape index (κ1) is 14.2. The molecule has 0 heterocycles. The summed E-state index contributed by atoms with van der Waals surface area (Å²) >= 11 is 5.97. The minimum Gasteiger partial charge on any atom is -0.479 e. The first-order chi connectivity index (χ1) is 8.94. The Labute approximate surface area is 119 Å². The summed E-state index contributed by atoms with van der Waals surface area (Å²) < 4.78 is 0. The first-order valence-electron chi connectivity index (χ1n) is 6.71. The van der Waals surface area contributed by atoms with Crippen LogP contribution in [0.3, 0.4) is 0 Å². The molecule has 0 amide bonds. The Morgan fingerprint density at radius 2 is 2.16 bits per heavy atom. The van der Waals surface area contributed by atoms with Crippen LogP contribution < -0.4 is 5.32 Å². The van der Waals surface area contributed by atoms with Crippen molar-refractivity contribution in [3.63, 3.8) is 0 Å². The molecule has 1 aromatic rings. The highest BCUT2D eigenvalue weighted by atomic mass is 35.5. The number of halogens is 1. The maximum absolute atomic E-state index is 11.8. The van der Waals surface area contributed by atoms with Gasteiger partial charge in [0.1, 0.15) is 5.54 Å². The van der Waals surface area contributed by atoms with Gasteiger partial charge in [-0.15, -0.1) is 0 Å². The molecule has 3 nitrogen and oxygen atoms in total. The lowest BCUT2D eigenvalue weighted by molar-refractivity contribution is -0.146. The van der Waals surface area contributed by atoms with Gasteiger partial charge in [0.05, 0.1) is 0 Å². The van der Waals surface area contributed by atoms with E-state index in [2.05, 4.69) is 12.2 Å². The Morgan fingerprint density at radius 1 is 1.42 bits per heavy atom. The number of carbonyl (C=O) groups is 1.